The number of aromatic nitrogens is 12. The van der Waals surface area contributed by atoms with Crippen molar-refractivity contribution in [3.63, 3.8) is 0 Å². The lowest BCUT2D eigenvalue weighted by Crippen LogP contribution is -1.90. The second-order valence-corrected chi connectivity index (χ2v) is 29.5. The van der Waals surface area contributed by atoms with Gasteiger partial charge in [-0.3, -0.25) is 25.0 Å². The highest BCUT2D eigenvalue weighted by atomic mass is 79.9. The molecule has 0 radical (unpaired) electrons. The summed E-state index contributed by atoms with van der Waals surface area (Å²) in [7, 11) is 0. The van der Waals surface area contributed by atoms with E-state index < -0.39 is 0 Å². The van der Waals surface area contributed by atoms with E-state index in [9.17, 15) is 29.4 Å². The number of halogens is 2. The van der Waals surface area contributed by atoms with Gasteiger partial charge in [-0.05, 0) is 111 Å². The fourth-order valence-corrected chi connectivity index (χ4v) is 17.1. The Morgan fingerprint density at radius 1 is 0.313 bits per heavy atom. The van der Waals surface area contributed by atoms with Crippen LogP contribution in [0.5, 0.6) is 0 Å². The lowest BCUT2D eigenvalue weighted by molar-refractivity contribution is -0.384. The summed E-state index contributed by atoms with van der Waals surface area (Å²) < 4.78 is 14.8. The number of non-ortho nitro benzene ring substituents is 2. The number of fused-ring (bicyclic) bond motifs is 28. The molecular weight excluding hydrogens is 1500 g/mol. The van der Waals surface area contributed by atoms with Gasteiger partial charge in [0.15, 0.2) is 5.78 Å². The average Bonchev–Trinajstić information content (AvgIpc) is 1.61. The van der Waals surface area contributed by atoms with Crippen LogP contribution in [0.1, 0.15) is 17.3 Å². The van der Waals surface area contributed by atoms with Gasteiger partial charge in [0.25, 0.3) is 11.4 Å². The summed E-state index contributed by atoms with van der Waals surface area (Å²) in [5.41, 5.74) is 15.7. The van der Waals surface area contributed by atoms with E-state index in [0.29, 0.717) is 5.56 Å². The van der Waals surface area contributed by atoms with Crippen LogP contribution in [0.4, 0.5) is 15.8 Å². The van der Waals surface area contributed by atoms with Crippen LogP contribution in [0.25, 0.3) is 219 Å². The van der Waals surface area contributed by atoms with E-state index in [0.717, 1.165) is 197 Å². The molecule has 21 heteroatoms. The van der Waals surface area contributed by atoms with Crippen LogP contribution in [-0.4, -0.2) is 75.4 Å². The molecule has 8 aromatic heterocycles. The number of carbonyl (C=O) groups is 1. The molecule has 0 saturated heterocycles. The number of nitro benzene ring substituents is 2. The van der Waals surface area contributed by atoms with E-state index in [2.05, 4.69) is 159 Å². The highest BCUT2D eigenvalue weighted by molar-refractivity contribution is 9.10. The molecule has 0 aliphatic carbocycles. The Hall–Kier alpha value is -15.5. The Labute approximate surface area is 656 Å². The van der Waals surface area contributed by atoms with Crippen molar-refractivity contribution in [1.29, 1.82) is 0 Å². The molecule has 8 heterocycles. The Balaban J connectivity index is 0.0000000961. The quantitative estimate of drug-likeness (QED) is 0.0325. The molecule has 115 heavy (non-hydrogen) atoms. The van der Waals surface area contributed by atoms with E-state index in [1.807, 2.05) is 140 Å². The summed E-state index contributed by atoms with van der Waals surface area (Å²) in [5, 5.41) is 43.7. The first-order valence-electron chi connectivity index (χ1n) is 37.1. The predicted molar refractivity (Wildman–Crippen MR) is 465 cm³/mol. The minimum Gasteiger partial charge on any atom is -0.360 e. The molecule has 0 aliphatic rings. The maximum Gasteiger partial charge on any atom is 0.270 e. The molecule has 0 amide bonds. The molecule has 16 aromatic carbocycles. The molecule has 8 N–H and O–H groups in total. The molecule has 0 bridgehead atoms. The molecule has 19 nitrogen and oxygen atoms in total. The molecule has 548 valence electrons. The van der Waals surface area contributed by atoms with Gasteiger partial charge in [0.05, 0.1) is 54.0 Å². The van der Waals surface area contributed by atoms with Gasteiger partial charge in [0.1, 0.15) is 29.1 Å². The van der Waals surface area contributed by atoms with Gasteiger partial charge >= 0.3 is 0 Å². The maximum atomic E-state index is 13.8. The molecule has 0 fully saturated rings. The molecule has 0 atom stereocenters. The number of ketones is 1. The summed E-state index contributed by atoms with van der Waals surface area (Å²) in [5.74, 6) is 2.83. The number of hydrogen-bond acceptors (Lipinski definition) is 9. The summed E-state index contributed by atoms with van der Waals surface area (Å²) in [6, 6.07) is 84.2. The summed E-state index contributed by atoms with van der Waals surface area (Å²) in [4.78, 5) is 80.5. The van der Waals surface area contributed by atoms with Gasteiger partial charge < -0.3 is 39.9 Å². The second-order valence-electron chi connectivity index (χ2n) is 28.5. The van der Waals surface area contributed by atoms with Crippen molar-refractivity contribution in [1.82, 2.24) is 59.8 Å². The predicted octanol–water partition coefficient (Wildman–Crippen LogP) is 25.0. The first-order chi connectivity index (χ1) is 56.3. The summed E-state index contributed by atoms with van der Waals surface area (Å²) >= 11 is 3.54. The standard InChI is InChI=1S/C25H17N3O.C23H13BrN4O2.C23H14FN3.C23H14N4O2/c1-14(29)15-10-11-18-21(13-26-22(18)12-15)25-27-23-19-8-4-2-6-16(19)17-7-3-5-9-20(17)24(23)28-25;24-12-5-8-20-17(9-12)19(11-25-20)23-26-21-16-4-2-1-3-14(16)15-7-6-13(28(29)30)10-18(15)22(21)27-23;24-13-9-10-20-18(11-13)19(12-25-20)23-26-21-16-7-3-1-5-14(16)15-6-2-4-8-17(15)22(21)27-23;28-27(29)13-9-10-15-14-5-1-2-7-17(14)21-22(18(15)11-13)26-23(25-21)19-12-24-20-8-4-3-6-16(19)20/h2-13,26H,1H3,(H,27,28);1-11,25H,(H,26,27);1-12,25H,(H,26,27);1-12,24H,(H,25,26). The first-order valence-corrected chi connectivity index (χ1v) is 37.9. The lowest BCUT2D eigenvalue weighted by Gasteiger charge is -2.05. The average molecular weight is 1560 g/mol. The SMILES string of the molecule is CC(=O)c1ccc2c(-c3nc4c5ccccc5c5ccccc5c4[nH]3)c[nH]c2c1.Fc1ccc2[nH]cc(-c3nc4c5ccccc5c5ccccc5c4[nH]3)c2c1.O=[N+]([O-])c1ccc2c3ccccc3c3[nH]c(-c4c[nH]c5ccc(Br)cc45)nc3c2c1.O=[N+]([O-])c1ccc2c3ccccc3c3[nH]c(-c4c[nH]c5ccccc45)nc3c2c1. The minimum absolute atomic E-state index is 0.0552. The first kappa shape index (κ1) is 67.6. The number of para-hydroxylation sites is 1. The number of hydrogen-bond donors (Lipinski definition) is 8. The van der Waals surface area contributed by atoms with Gasteiger partial charge in [-0.25, -0.2) is 24.3 Å². The number of aromatic amines is 8. The van der Waals surface area contributed by atoms with E-state index in [4.69, 9.17) is 19.9 Å². The van der Waals surface area contributed by atoms with Crippen LogP contribution < -0.4 is 0 Å². The van der Waals surface area contributed by atoms with E-state index in [1.54, 1.807) is 43.3 Å². The molecule has 0 spiro atoms. The van der Waals surface area contributed by atoms with Crippen LogP contribution in [0, 0.1) is 26.0 Å². The third-order valence-electron chi connectivity index (χ3n) is 22.0. The normalized spacial score (nSPS) is 11.8. The number of imidazole rings is 4. The second kappa shape index (κ2) is 26.6. The fourth-order valence-electron chi connectivity index (χ4n) is 16.7. The van der Waals surface area contributed by atoms with E-state index in [1.165, 1.54) is 33.0 Å². The molecule has 24 aromatic rings. The number of H-pyrrole nitrogens is 8. The highest BCUT2D eigenvalue weighted by Gasteiger charge is 2.24. The number of nitrogens with one attached hydrogen (secondary N) is 8. The van der Waals surface area contributed by atoms with Crippen molar-refractivity contribution in [2.75, 3.05) is 0 Å². The van der Waals surface area contributed by atoms with Crippen LogP contribution in [0.15, 0.2) is 290 Å². The highest BCUT2D eigenvalue weighted by Crippen LogP contribution is 2.44. The minimum atomic E-state index is -0.370. The third-order valence-corrected chi connectivity index (χ3v) is 22.5. The van der Waals surface area contributed by atoms with Crippen LogP contribution in [0.3, 0.4) is 0 Å². The Morgan fingerprint density at radius 3 is 1.03 bits per heavy atom. The lowest BCUT2D eigenvalue weighted by atomic mass is 9.99. The molecule has 0 aliphatic heterocycles. The maximum absolute atomic E-state index is 13.8. The number of rotatable bonds is 7. The molecular formula is C94H58BrFN14O5. The number of nitrogens with zero attached hydrogens (tertiary/aromatic N) is 6. The smallest absolute Gasteiger partial charge is 0.270 e. The Bertz CT molecular complexity index is 8100. The Kier molecular flexibility index (Phi) is 15.7. The van der Waals surface area contributed by atoms with Gasteiger partial charge in [-0.2, -0.15) is 0 Å². The van der Waals surface area contributed by atoms with Crippen LogP contribution >= 0.6 is 15.9 Å². The van der Waals surface area contributed by atoms with Crippen molar-refractivity contribution in [3.05, 3.63) is 322 Å². The van der Waals surface area contributed by atoms with Gasteiger partial charge in [-0.1, -0.05) is 192 Å². The van der Waals surface area contributed by atoms with Crippen LogP contribution in [-0.2, 0) is 0 Å². The van der Waals surface area contributed by atoms with Crippen molar-refractivity contribution >= 4 is 207 Å². The van der Waals surface area contributed by atoms with Gasteiger partial charge in [0.2, 0.25) is 0 Å². The van der Waals surface area contributed by atoms with E-state index >= 15 is 0 Å². The molecule has 24 rings (SSSR count). The van der Waals surface area contributed by atoms with Crippen molar-refractivity contribution in [2.45, 2.75) is 6.92 Å². The monoisotopic (exact) mass is 1560 g/mol. The number of carbonyl (C=O) groups excluding carboxylic acids is 1. The topological polar surface area (TPSA) is 281 Å². The zero-order chi connectivity index (χ0) is 77.4. The van der Waals surface area contributed by atoms with E-state index in [-0.39, 0.29) is 32.8 Å². The zero-order valence-electron chi connectivity index (χ0n) is 60.6. The summed E-state index contributed by atoms with van der Waals surface area (Å²) in [6.07, 6.45) is 7.71. The van der Waals surface area contributed by atoms with Gasteiger partial charge in [0, 0.05) is 168 Å². The van der Waals surface area contributed by atoms with Gasteiger partial charge in [-0.15, -0.1) is 0 Å². The fraction of sp³-hybridized carbons (Fsp3) is 0.0106. The van der Waals surface area contributed by atoms with Crippen molar-refractivity contribution < 1.29 is 19.0 Å². The number of nitro groups is 2. The number of benzene rings is 16. The molecule has 0 saturated carbocycles. The number of Topliss-reactive ketones (excluding diaryl/α,β-unsaturated/α-hetero) is 1. The zero-order valence-corrected chi connectivity index (χ0v) is 62.2. The van der Waals surface area contributed by atoms with Crippen molar-refractivity contribution in [2.24, 2.45) is 0 Å². The third kappa shape index (κ3) is 11.2. The summed E-state index contributed by atoms with van der Waals surface area (Å²) in [6.45, 7) is 1.58. The van der Waals surface area contributed by atoms with Crippen molar-refractivity contribution in [3.8, 4) is 45.6 Å². The van der Waals surface area contributed by atoms with Crippen LogP contribution in [0.2, 0.25) is 0 Å². The Morgan fingerprint density at radius 2 is 0.617 bits per heavy atom. The largest absolute Gasteiger partial charge is 0.360 e. The molecule has 0 unspecified atom stereocenters.